The predicted octanol–water partition coefficient (Wildman–Crippen LogP) is 3.64. The van der Waals surface area contributed by atoms with Gasteiger partial charge in [0, 0.05) is 30.5 Å². The number of fused-ring (bicyclic) bond motifs is 1. The number of halogens is 2. The summed E-state index contributed by atoms with van der Waals surface area (Å²) in [6, 6.07) is 10.8. The number of alkyl halides is 2. The zero-order valence-electron chi connectivity index (χ0n) is 15.5. The maximum atomic E-state index is 12.4. The molecule has 0 aromatic heterocycles. The lowest BCUT2D eigenvalue weighted by Gasteiger charge is -2.18. The third kappa shape index (κ3) is 4.57. The fourth-order valence-corrected chi connectivity index (χ4v) is 3.10. The fraction of sp³-hybridized carbons (Fsp3) is 0.300. The van der Waals surface area contributed by atoms with E-state index < -0.39 is 12.7 Å². The molecule has 0 aliphatic carbocycles. The molecule has 8 heteroatoms. The lowest BCUT2D eigenvalue weighted by molar-refractivity contribution is -0.117. The van der Waals surface area contributed by atoms with E-state index in [0.717, 1.165) is 23.4 Å². The molecule has 0 spiro atoms. The summed E-state index contributed by atoms with van der Waals surface area (Å²) >= 11 is 0. The van der Waals surface area contributed by atoms with Crippen molar-refractivity contribution in [3.8, 4) is 5.75 Å². The minimum Gasteiger partial charge on any atom is -0.435 e. The Morgan fingerprint density at radius 2 is 1.79 bits per heavy atom. The van der Waals surface area contributed by atoms with Gasteiger partial charge in [0.15, 0.2) is 0 Å². The maximum Gasteiger partial charge on any atom is 0.387 e. The number of hydrogen-bond acceptors (Lipinski definition) is 4. The molecule has 1 heterocycles. The van der Waals surface area contributed by atoms with Crippen molar-refractivity contribution in [1.29, 1.82) is 0 Å². The van der Waals surface area contributed by atoms with Gasteiger partial charge in [-0.3, -0.25) is 9.59 Å². The summed E-state index contributed by atoms with van der Waals surface area (Å²) in [6.45, 7) is 1.04. The molecule has 0 unspecified atom stereocenters. The molecular weight excluding hydrogens is 368 g/mol. The molecule has 0 radical (unpaired) electrons. The summed E-state index contributed by atoms with van der Waals surface area (Å²) in [7, 11) is 0. The number of rotatable bonds is 6. The summed E-state index contributed by atoms with van der Waals surface area (Å²) in [5.74, 6) is -0.234. The summed E-state index contributed by atoms with van der Waals surface area (Å²) < 4.78 is 28.6. The molecule has 2 N–H and O–H groups in total. The second kappa shape index (κ2) is 8.24. The summed E-state index contributed by atoms with van der Waals surface area (Å²) in [4.78, 5) is 25.7. The molecule has 1 aliphatic rings. The largest absolute Gasteiger partial charge is 0.435 e. The van der Waals surface area contributed by atoms with Gasteiger partial charge in [0.05, 0.1) is 0 Å². The van der Waals surface area contributed by atoms with Gasteiger partial charge in [0.1, 0.15) is 11.8 Å². The highest BCUT2D eigenvalue weighted by Crippen LogP contribution is 2.30. The first-order valence-corrected chi connectivity index (χ1v) is 8.87. The van der Waals surface area contributed by atoms with E-state index in [4.69, 9.17) is 0 Å². The van der Waals surface area contributed by atoms with E-state index in [-0.39, 0.29) is 17.6 Å². The Morgan fingerprint density at radius 3 is 2.43 bits per heavy atom. The topological polar surface area (TPSA) is 70.7 Å². The number of nitrogens with one attached hydrogen (secondary N) is 2. The molecule has 2 aromatic carbocycles. The Hall–Kier alpha value is -3.16. The molecule has 2 amide bonds. The first-order chi connectivity index (χ1) is 13.3. The van der Waals surface area contributed by atoms with Gasteiger partial charge < -0.3 is 20.3 Å². The van der Waals surface area contributed by atoms with Crippen molar-refractivity contribution in [2.75, 3.05) is 22.1 Å². The van der Waals surface area contributed by atoms with Crippen LogP contribution in [0.1, 0.15) is 19.4 Å². The highest BCUT2D eigenvalue weighted by molar-refractivity contribution is 5.97. The average Bonchev–Trinajstić information content (AvgIpc) is 3.06. The number of carbonyl (C=O) groups excluding carboxylic acids is 2. The third-order valence-corrected chi connectivity index (χ3v) is 4.48. The Kier molecular flexibility index (Phi) is 5.77. The van der Waals surface area contributed by atoms with Gasteiger partial charge in [0.25, 0.3) is 0 Å². The van der Waals surface area contributed by atoms with E-state index in [1.165, 1.54) is 24.3 Å². The molecule has 0 saturated carbocycles. The van der Waals surface area contributed by atoms with Gasteiger partial charge in [-0.25, -0.2) is 0 Å². The van der Waals surface area contributed by atoms with Crippen LogP contribution in [0, 0.1) is 0 Å². The van der Waals surface area contributed by atoms with Crippen LogP contribution in [0.25, 0.3) is 0 Å². The monoisotopic (exact) mass is 389 g/mol. The highest BCUT2D eigenvalue weighted by Gasteiger charge is 2.22. The van der Waals surface area contributed by atoms with Crippen LogP contribution in [0.4, 0.5) is 25.8 Å². The Labute approximate surface area is 161 Å². The quantitative estimate of drug-likeness (QED) is 0.792. The molecule has 3 rings (SSSR count). The standard InChI is InChI=1S/C20H21F2N3O3/c1-12(19(27)24-15-3-6-17(7-4-15)28-20(21)22)23-16-5-8-18-14(11-16)9-10-25(18)13(2)26/h3-8,11-12,20,23H,9-10H2,1-2H3,(H,24,27)/t12-/m1/s1. The van der Waals surface area contributed by atoms with Crippen LogP contribution in [-0.2, 0) is 16.0 Å². The molecular formula is C20H21F2N3O3. The number of hydrogen-bond donors (Lipinski definition) is 2. The van der Waals surface area contributed by atoms with E-state index in [1.54, 1.807) is 18.7 Å². The van der Waals surface area contributed by atoms with Crippen LogP contribution >= 0.6 is 0 Å². The number of anilines is 3. The van der Waals surface area contributed by atoms with Crippen LogP contribution in [-0.4, -0.2) is 31.0 Å². The summed E-state index contributed by atoms with van der Waals surface area (Å²) in [5.41, 5.74) is 3.22. The Morgan fingerprint density at radius 1 is 1.11 bits per heavy atom. The van der Waals surface area contributed by atoms with Crippen molar-refractivity contribution < 1.29 is 23.1 Å². The first kappa shape index (κ1) is 19.6. The average molecular weight is 389 g/mol. The maximum absolute atomic E-state index is 12.4. The predicted molar refractivity (Wildman–Crippen MR) is 103 cm³/mol. The first-order valence-electron chi connectivity index (χ1n) is 8.87. The number of ether oxygens (including phenoxy) is 1. The summed E-state index contributed by atoms with van der Waals surface area (Å²) in [6.07, 6.45) is 0.776. The molecule has 0 saturated heterocycles. The van der Waals surface area contributed by atoms with Crippen molar-refractivity contribution in [3.63, 3.8) is 0 Å². The zero-order valence-corrected chi connectivity index (χ0v) is 15.5. The summed E-state index contributed by atoms with van der Waals surface area (Å²) in [5, 5.41) is 5.85. The molecule has 0 bridgehead atoms. The van der Waals surface area contributed by atoms with Crippen molar-refractivity contribution in [1.82, 2.24) is 0 Å². The minimum atomic E-state index is -2.89. The van der Waals surface area contributed by atoms with E-state index in [2.05, 4.69) is 15.4 Å². The molecule has 0 fully saturated rings. The number of nitrogens with zero attached hydrogens (tertiary/aromatic N) is 1. The number of carbonyl (C=O) groups is 2. The van der Waals surface area contributed by atoms with Crippen LogP contribution in [0.5, 0.6) is 5.75 Å². The van der Waals surface area contributed by atoms with Crippen molar-refractivity contribution >= 4 is 28.9 Å². The number of benzene rings is 2. The lowest BCUT2D eigenvalue weighted by Crippen LogP contribution is -2.31. The molecule has 1 aliphatic heterocycles. The van der Waals surface area contributed by atoms with Gasteiger partial charge in [-0.2, -0.15) is 8.78 Å². The van der Waals surface area contributed by atoms with Crippen molar-refractivity contribution in [2.45, 2.75) is 32.9 Å². The van der Waals surface area contributed by atoms with E-state index in [9.17, 15) is 18.4 Å². The van der Waals surface area contributed by atoms with Crippen LogP contribution in [0.15, 0.2) is 42.5 Å². The lowest BCUT2D eigenvalue weighted by atomic mass is 10.1. The minimum absolute atomic E-state index is 0.0113. The van der Waals surface area contributed by atoms with Gasteiger partial charge in [0.2, 0.25) is 11.8 Å². The van der Waals surface area contributed by atoms with Crippen LogP contribution in [0.2, 0.25) is 0 Å². The zero-order chi connectivity index (χ0) is 20.3. The Bertz CT molecular complexity index is 871. The molecule has 28 heavy (non-hydrogen) atoms. The van der Waals surface area contributed by atoms with Gasteiger partial charge in [-0.15, -0.1) is 0 Å². The Balaban J connectivity index is 1.59. The molecule has 6 nitrogen and oxygen atoms in total. The number of amides is 2. The van der Waals surface area contributed by atoms with Gasteiger partial charge >= 0.3 is 6.61 Å². The second-order valence-corrected chi connectivity index (χ2v) is 6.52. The highest BCUT2D eigenvalue weighted by atomic mass is 19.3. The van der Waals surface area contributed by atoms with Crippen LogP contribution < -0.4 is 20.3 Å². The van der Waals surface area contributed by atoms with Crippen molar-refractivity contribution in [3.05, 3.63) is 48.0 Å². The van der Waals surface area contributed by atoms with Gasteiger partial charge in [-0.05, 0) is 61.4 Å². The third-order valence-electron chi connectivity index (χ3n) is 4.48. The normalized spacial score (nSPS) is 13.8. The van der Waals surface area contributed by atoms with E-state index in [1.807, 2.05) is 18.2 Å². The fourth-order valence-electron chi connectivity index (χ4n) is 3.10. The van der Waals surface area contributed by atoms with Crippen molar-refractivity contribution in [2.24, 2.45) is 0 Å². The van der Waals surface area contributed by atoms with Crippen LogP contribution in [0.3, 0.4) is 0 Å². The van der Waals surface area contributed by atoms with Gasteiger partial charge in [-0.1, -0.05) is 0 Å². The molecule has 1 atom stereocenters. The molecule has 148 valence electrons. The molecule has 2 aromatic rings. The van der Waals surface area contributed by atoms with E-state index >= 15 is 0 Å². The smallest absolute Gasteiger partial charge is 0.387 e. The second-order valence-electron chi connectivity index (χ2n) is 6.52. The SMILES string of the molecule is CC(=O)N1CCc2cc(N[C@H](C)C(=O)Nc3ccc(OC(F)F)cc3)ccc21. The van der Waals surface area contributed by atoms with E-state index in [0.29, 0.717) is 12.2 Å².